The number of rotatable bonds is 9. The summed E-state index contributed by atoms with van der Waals surface area (Å²) in [7, 11) is 0. The van der Waals surface area contributed by atoms with Crippen LogP contribution in [0.15, 0.2) is 358 Å². The third-order valence-corrected chi connectivity index (χ3v) is 25.9. The lowest BCUT2D eigenvalue weighted by Gasteiger charge is -2.47. The normalized spacial score (nSPS) is 13.8. The Bertz CT molecular complexity index is 6640. The Morgan fingerprint density at radius 1 is 0.229 bits per heavy atom. The number of hydrogen-bond acceptors (Lipinski definition) is 3. The van der Waals surface area contributed by atoms with E-state index in [9.17, 15) is 0 Å². The molecule has 570 valence electrons. The molecule has 118 heavy (non-hydrogen) atoms. The van der Waals surface area contributed by atoms with Gasteiger partial charge < -0.3 is 19.3 Å². The second-order valence-electron chi connectivity index (χ2n) is 37.2. The molecule has 16 aromatic carbocycles. The largest absolute Gasteiger partial charge is 0.310 e. The quantitative estimate of drug-likeness (QED) is 0.134. The van der Waals surface area contributed by atoms with Crippen molar-refractivity contribution in [2.75, 3.05) is 14.7 Å². The molecule has 5 heteroatoms. The van der Waals surface area contributed by atoms with Crippen LogP contribution in [0.1, 0.15) is 128 Å². The van der Waals surface area contributed by atoms with Crippen molar-refractivity contribution in [3.8, 4) is 72.4 Å². The second kappa shape index (κ2) is 26.9. The van der Waals surface area contributed by atoms with Gasteiger partial charge in [-0.3, -0.25) is 0 Å². The fourth-order valence-electron chi connectivity index (χ4n) is 20.1. The van der Waals surface area contributed by atoms with Crippen LogP contribution in [0.25, 0.3) is 94.3 Å². The third-order valence-electron chi connectivity index (χ3n) is 25.9. The van der Waals surface area contributed by atoms with Crippen molar-refractivity contribution in [2.24, 2.45) is 0 Å². The van der Waals surface area contributed by atoms with E-state index in [4.69, 9.17) is 0 Å². The van der Waals surface area contributed by atoms with Gasteiger partial charge in [-0.25, -0.2) is 0 Å². The monoisotopic (exact) mass is 1520 g/mol. The highest BCUT2D eigenvalue weighted by Crippen LogP contribution is 2.65. The van der Waals surface area contributed by atoms with Gasteiger partial charge >= 0.3 is 0 Å². The number of benzene rings is 16. The van der Waals surface area contributed by atoms with Crippen LogP contribution in [0.5, 0.6) is 0 Å². The van der Waals surface area contributed by atoms with Gasteiger partial charge in [0.05, 0.1) is 39.2 Å². The lowest BCUT2D eigenvalue weighted by atomic mass is 9.33. The maximum absolute atomic E-state index is 2.76. The first-order valence-electron chi connectivity index (χ1n) is 42.1. The summed E-state index contributed by atoms with van der Waals surface area (Å²) in [4.78, 5) is 8.03. The van der Waals surface area contributed by atoms with Crippen LogP contribution < -0.4 is 31.1 Å². The van der Waals surface area contributed by atoms with Crippen LogP contribution in [-0.2, 0) is 27.1 Å². The Hall–Kier alpha value is -13.2. The number of fused-ring (bicyclic) bond motifs is 16. The fraction of sp³-hybridized carbons (Fsp3) is 0.150. The van der Waals surface area contributed by atoms with Crippen LogP contribution in [0.4, 0.5) is 51.2 Å². The molecular formula is C113H95BN4. The molecule has 0 fully saturated rings. The van der Waals surface area contributed by atoms with Gasteiger partial charge in [0, 0.05) is 67.2 Å². The molecule has 0 bridgehead atoms. The number of para-hydroxylation sites is 5. The van der Waals surface area contributed by atoms with Crippen LogP contribution in [0.3, 0.4) is 0 Å². The number of aromatic nitrogens is 1. The minimum Gasteiger partial charge on any atom is -0.310 e. The summed E-state index contributed by atoms with van der Waals surface area (Å²) < 4.78 is 2.58. The summed E-state index contributed by atoms with van der Waals surface area (Å²) in [6.45, 7) is 28.0. The van der Waals surface area contributed by atoms with Gasteiger partial charge in [-0.1, -0.05) is 362 Å². The maximum atomic E-state index is 2.76. The van der Waals surface area contributed by atoms with E-state index in [0.717, 1.165) is 107 Å². The molecule has 1 spiro atoms. The Morgan fingerprint density at radius 3 is 1.07 bits per heavy atom. The zero-order chi connectivity index (χ0) is 80.5. The summed E-state index contributed by atoms with van der Waals surface area (Å²) in [6, 6.07) is 138. The molecule has 4 heterocycles. The van der Waals surface area contributed by atoms with Gasteiger partial charge in [0.15, 0.2) is 0 Å². The molecule has 1 aromatic heterocycles. The summed E-state index contributed by atoms with van der Waals surface area (Å²) >= 11 is 0. The maximum Gasteiger partial charge on any atom is 0.252 e. The zero-order valence-corrected chi connectivity index (χ0v) is 69.4. The van der Waals surface area contributed by atoms with E-state index in [-0.39, 0.29) is 28.4 Å². The first kappa shape index (κ1) is 72.5. The summed E-state index contributed by atoms with van der Waals surface area (Å²) in [6.07, 6.45) is 0. The average molecular weight is 1520 g/mol. The molecular weight excluding hydrogens is 1420 g/mol. The smallest absolute Gasteiger partial charge is 0.252 e. The van der Waals surface area contributed by atoms with Gasteiger partial charge in [-0.15, -0.1) is 0 Å². The summed E-state index contributed by atoms with van der Waals surface area (Å²) in [5, 5.41) is 2.51. The predicted molar refractivity (Wildman–Crippen MR) is 502 cm³/mol. The van der Waals surface area contributed by atoms with Crippen LogP contribution in [0.2, 0.25) is 0 Å². The number of anilines is 9. The van der Waals surface area contributed by atoms with E-state index >= 15 is 0 Å². The fourth-order valence-corrected chi connectivity index (χ4v) is 20.1. The van der Waals surface area contributed by atoms with E-state index < -0.39 is 5.41 Å². The van der Waals surface area contributed by atoms with Gasteiger partial charge in [0.2, 0.25) is 0 Å². The average Bonchev–Trinajstić information content (AvgIpc) is 1.40. The molecule has 4 nitrogen and oxygen atoms in total. The van der Waals surface area contributed by atoms with E-state index in [0.29, 0.717) is 0 Å². The first-order chi connectivity index (χ1) is 57.1. The Kier molecular flexibility index (Phi) is 16.5. The van der Waals surface area contributed by atoms with E-state index in [1.54, 1.807) is 0 Å². The SMILES string of the molecule is CC(C)(C)c1cc(-c2cc3c4c(c2)N(c2c(-c5ccccc5)cccc2-c2ccccc2)c2cc5c(cc2B4c2ccc(-n4c6ccc(C(C)(C)C)cc6c6cc(C(C)(C)C)ccc64)cc2N3c2c(-c3ccccc3)cccc2-c2ccccc2)C2(c3ccccc3-5)c3ccccc3N(c3ccccc3)c3ccccc32)cc(C(C)(C)C)c1. The number of nitrogens with zero attached hydrogens (tertiary/aromatic N) is 4. The zero-order valence-electron chi connectivity index (χ0n) is 69.4. The van der Waals surface area contributed by atoms with E-state index in [1.807, 2.05) is 0 Å². The molecule has 17 aromatic rings. The van der Waals surface area contributed by atoms with Crippen LogP contribution in [-0.4, -0.2) is 11.3 Å². The third kappa shape index (κ3) is 11.3. The van der Waals surface area contributed by atoms with Gasteiger partial charge in [-0.2, -0.15) is 0 Å². The highest BCUT2D eigenvalue weighted by Gasteiger charge is 2.54. The van der Waals surface area contributed by atoms with Crippen molar-refractivity contribution in [3.05, 3.63) is 402 Å². The van der Waals surface area contributed by atoms with Crippen molar-refractivity contribution in [2.45, 2.75) is 110 Å². The van der Waals surface area contributed by atoms with Crippen LogP contribution >= 0.6 is 0 Å². The molecule has 0 saturated carbocycles. The Labute approximate surface area is 695 Å². The van der Waals surface area contributed by atoms with Crippen LogP contribution in [0, 0.1) is 0 Å². The molecule has 0 unspecified atom stereocenters. The van der Waals surface area contributed by atoms with Crippen molar-refractivity contribution >= 4 is 96.1 Å². The lowest BCUT2D eigenvalue weighted by Crippen LogP contribution is -2.61. The van der Waals surface area contributed by atoms with E-state index in [1.165, 1.54) is 99.4 Å². The topological polar surface area (TPSA) is 14.7 Å². The number of hydrogen-bond donors (Lipinski definition) is 0. The van der Waals surface area contributed by atoms with Crippen molar-refractivity contribution in [3.63, 3.8) is 0 Å². The molecule has 0 atom stereocenters. The van der Waals surface area contributed by atoms with Crippen molar-refractivity contribution in [1.82, 2.24) is 4.57 Å². The summed E-state index contributed by atoms with van der Waals surface area (Å²) in [5.74, 6) is 0. The van der Waals surface area contributed by atoms with Gasteiger partial charge in [0.25, 0.3) is 6.71 Å². The molecule has 0 N–H and O–H groups in total. The van der Waals surface area contributed by atoms with E-state index in [2.05, 4.69) is 460 Å². The Balaban J connectivity index is 0.969. The molecule has 0 saturated heterocycles. The molecule has 0 radical (unpaired) electrons. The lowest BCUT2D eigenvalue weighted by molar-refractivity contribution is 0.569. The highest BCUT2D eigenvalue weighted by atomic mass is 15.2. The molecule has 21 rings (SSSR count). The van der Waals surface area contributed by atoms with Gasteiger partial charge in [0.1, 0.15) is 0 Å². The van der Waals surface area contributed by atoms with Crippen molar-refractivity contribution in [1.29, 1.82) is 0 Å². The Morgan fingerprint density at radius 2 is 0.619 bits per heavy atom. The first-order valence-corrected chi connectivity index (χ1v) is 42.1. The minimum absolute atomic E-state index is 0.0833. The molecule has 3 aliphatic heterocycles. The van der Waals surface area contributed by atoms with Crippen molar-refractivity contribution < 1.29 is 0 Å². The summed E-state index contributed by atoms with van der Waals surface area (Å²) in [5.41, 5.74) is 40.1. The predicted octanol–water partition coefficient (Wildman–Crippen LogP) is 28.5. The standard InChI is InChI=1S/C113H95BN4/c1-109(2,3)78-56-60-98-90(67-78)91-68-79(110(4,5)6)57-61-99(91)116(98)83-58-59-96-102(69-83)117(107-84(72-36-18-13-19-37-72)47-34-48-85(107)73-38-20-14-21-39-73)104-64-77(76-62-80(111(7,8)9)66-81(63-76)112(10,11)12)65-105-106(104)114(96)97-71-95-89(70-103(97)118(105)108-86(74-40-22-15-23-41-74)49-35-50-87(108)75-42-24-16-25-43-75)88-46-28-29-51-92(88)113(95)93-52-30-32-54-100(93)115(82-44-26-17-27-45-82)101-55-33-31-53-94(101)113/h13-71H,1-12H3. The molecule has 0 amide bonds. The second-order valence-corrected chi connectivity index (χ2v) is 37.2. The minimum atomic E-state index is -0.778. The molecule has 4 aliphatic rings. The molecule has 1 aliphatic carbocycles. The highest BCUT2D eigenvalue weighted by molar-refractivity contribution is 7.00. The van der Waals surface area contributed by atoms with Gasteiger partial charge in [-0.05, 0) is 206 Å².